The normalized spacial score (nSPS) is 14.9. The molecule has 2 aliphatic heterocycles. The summed E-state index contributed by atoms with van der Waals surface area (Å²) in [5.41, 5.74) is 9.33. The molecule has 0 spiro atoms. The second kappa shape index (κ2) is 10.4. The molecule has 0 saturated heterocycles. The van der Waals surface area contributed by atoms with Crippen LogP contribution in [0.2, 0.25) is 0 Å². The number of nitrogens with zero attached hydrogens (tertiary/aromatic N) is 2. The largest absolute Gasteiger partial charge is 0.310 e. The number of rotatable bonds is 4. The van der Waals surface area contributed by atoms with Crippen LogP contribution in [0.15, 0.2) is 168 Å². The van der Waals surface area contributed by atoms with Crippen molar-refractivity contribution >= 4 is 54.7 Å². The van der Waals surface area contributed by atoms with E-state index in [0.717, 1.165) is 50.8 Å². The van der Waals surface area contributed by atoms with Crippen LogP contribution in [-0.4, -0.2) is 8.42 Å². The van der Waals surface area contributed by atoms with Crippen LogP contribution in [0.4, 0.5) is 34.1 Å². The number of hydrogen-bond acceptors (Lipinski definition) is 4. The fourth-order valence-electron chi connectivity index (χ4n) is 7.66. The van der Waals surface area contributed by atoms with Crippen molar-refractivity contribution in [3.05, 3.63) is 169 Å². The summed E-state index contributed by atoms with van der Waals surface area (Å²) < 4.78 is 28.8. The highest BCUT2D eigenvalue weighted by molar-refractivity contribution is 7.91. The molecule has 0 aromatic heterocycles. The van der Waals surface area contributed by atoms with E-state index in [4.69, 9.17) is 0 Å². The SMILES string of the molecule is CC1(C)c2cc(N(c3ccccc3)c3ccccc3)ccc2S(=O)(=O)c2ccc(N3c4ccccc4-c4cccc5cccc3c45)cc21. The molecule has 2 heterocycles. The summed E-state index contributed by atoms with van der Waals surface area (Å²) in [5.74, 6) is 0. The van der Waals surface area contributed by atoms with Gasteiger partial charge in [0.15, 0.2) is 0 Å². The number of para-hydroxylation sites is 3. The summed E-state index contributed by atoms with van der Waals surface area (Å²) in [4.78, 5) is 5.19. The topological polar surface area (TPSA) is 40.6 Å². The standard InChI is InChI=1S/C43H32N2O2S/c1-43(2)36-27-32(44(30-15-5-3-6-16-30)31-17-7-4-8-18-31)23-25-40(36)48(46,47)41-26-24-33(28-37(41)43)45-38-21-10-9-19-34(38)35-20-11-13-29-14-12-22-39(45)42(29)35/h3-28H,1-2H3. The smallest absolute Gasteiger partial charge is 0.207 e. The lowest BCUT2D eigenvalue weighted by atomic mass is 9.77. The van der Waals surface area contributed by atoms with E-state index in [1.807, 2.05) is 54.6 Å². The minimum Gasteiger partial charge on any atom is -0.310 e. The highest BCUT2D eigenvalue weighted by atomic mass is 32.2. The third-order valence-corrected chi connectivity index (χ3v) is 11.8. The molecule has 0 unspecified atom stereocenters. The summed E-state index contributed by atoms with van der Waals surface area (Å²) in [6.45, 7) is 4.28. The predicted octanol–water partition coefficient (Wildman–Crippen LogP) is 11.2. The Morgan fingerprint density at radius 1 is 0.521 bits per heavy atom. The number of anilines is 6. The first-order valence-corrected chi connectivity index (χ1v) is 17.7. The fraction of sp³-hybridized carbons (Fsp3) is 0.0698. The molecule has 0 radical (unpaired) electrons. The first kappa shape index (κ1) is 28.6. The third-order valence-electron chi connectivity index (χ3n) is 9.96. The van der Waals surface area contributed by atoms with Gasteiger partial charge in [-0.25, -0.2) is 8.42 Å². The molecule has 7 aromatic carbocycles. The Labute approximate surface area is 281 Å². The molecule has 9 rings (SSSR count). The predicted molar refractivity (Wildman–Crippen MR) is 196 cm³/mol. The Kier molecular flexibility index (Phi) is 6.21. The Morgan fingerprint density at radius 2 is 1.08 bits per heavy atom. The molecule has 0 atom stereocenters. The van der Waals surface area contributed by atoms with Gasteiger partial charge in [0.2, 0.25) is 9.84 Å². The number of benzene rings is 7. The van der Waals surface area contributed by atoms with Crippen molar-refractivity contribution in [3.8, 4) is 11.1 Å². The highest BCUT2D eigenvalue weighted by Crippen LogP contribution is 2.53. The summed E-state index contributed by atoms with van der Waals surface area (Å²) in [5, 5.41) is 2.37. The van der Waals surface area contributed by atoms with Gasteiger partial charge in [-0.1, -0.05) is 98.8 Å². The van der Waals surface area contributed by atoms with Crippen molar-refractivity contribution < 1.29 is 8.42 Å². The van der Waals surface area contributed by atoms with Gasteiger partial charge in [0.1, 0.15) is 0 Å². The van der Waals surface area contributed by atoms with Gasteiger partial charge in [0.05, 0.1) is 21.2 Å². The molecule has 0 aliphatic carbocycles. The lowest BCUT2D eigenvalue weighted by Gasteiger charge is -2.38. The van der Waals surface area contributed by atoms with Crippen LogP contribution in [0.1, 0.15) is 25.0 Å². The van der Waals surface area contributed by atoms with E-state index in [9.17, 15) is 8.42 Å². The minimum absolute atomic E-state index is 0.361. The second-order valence-electron chi connectivity index (χ2n) is 13.0. The van der Waals surface area contributed by atoms with E-state index in [-0.39, 0.29) is 0 Å². The summed E-state index contributed by atoms with van der Waals surface area (Å²) in [6, 6.07) is 53.4. The number of sulfone groups is 1. The van der Waals surface area contributed by atoms with Gasteiger partial charge >= 0.3 is 0 Å². The number of hydrogen-bond donors (Lipinski definition) is 0. The molecule has 0 amide bonds. The molecule has 7 aromatic rings. The first-order chi connectivity index (χ1) is 23.3. The molecule has 0 fully saturated rings. The molecule has 232 valence electrons. The van der Waals surface area contributed by atoms with E-state index in [1.165, 1.54) is 16.3 Å². The van der Waals surface area contributed by atoms with Crippen LogP contribution in [0.25, 0.3) is 21.9 Å². The molecule has 0 bridgehead atoms. The molecular weight excluding hydrogens is 609 g/mol. The Balaban J connectivity index is 1.24. The van der Waals surface area contributed by atoms with Crippen molar-refractivity contribution in [2.24, 2.45) is 0 Å². The zero-order valence-corrected chi connectivity index (χ0v) is 27.4. The fourth-order valence-corrected chi connectivity index (χ4v) is 9.60. The van der Waals surface area contributed by atoms with E-state index < -0.39 is 15.3 Å². The van der Waals surface area contributed by atoms with Gasteiger partial charge in [-0.3, -0.25) is 0 Å². The Morgan fingerprint density at radius 3 is 1.79 bits per heavy atom. The van der Waals surface area contributed by atoms with Gasteiger partial charge in [-0.15, -0.1) is 0 Å². The number of fused-ring (bicyclic) bond motifs is 4. The van der Waals surface area contributed by atoms with Crippen LogP contribution in [0, 0.1) is 0 Å². The maximum absolute atomic E-state index is 14.4. The zero-order chi connectivity index (χ0) is 32.6. The second-order valence-corrected chi connectivity index (χ2v) is 14.9. The van der Waals surface area contributed by atoms with E-state index in [0.29, 0.717) is 9.79 Å². The first-order valence-electron chi connectivity index (χ1n) is 16.2. The van der Waals surface area contributed by atoms with Crippen molar-refractivity contribution in [2.45, 2.75) is 29.1 Å². The minimum atomic E-state index is -3.78. The van der Waals surface area contributed by atoms with Crippen LogP contribution in [0.5, 0.6) is 0 Å². The van der Waals surface area contributed by atoms with Crippen molar-refractivity contribution in [3.63, 3.8) is 0 Å². The van der Waals surface area contributed by atoms with Crippen molar-refractivity contribution in [1.29, 1.82) is 0 Å². The molecule has 0 saturated carbocycles. The van der Waals surface area contributed by atoms with E-state index in [1.54, 1.807) is 6.07 Å². The van der Waals surface area contributed by atoms with Crippen molar-refractivity contribution in [2.75, 3.05) is 9.80 Å². The summed E-state index contributed by atoms with van der Waals surface area (Å²) in [7, 11) is -3.78. The van der Waals surface area contributed by atoms with Gasteiger partial charge in [0, 0.05) is 39.1 Å². The summed E-state index contributed by atoms with van der Waals surface area (Å²) in [6.07, 6.45) is 0. The van der Waals surface area contributed by atoms with Gasteiger partial charge in [-0.05, 0) is 94.9 Å². The average molecular weight is 641 g/mol. The van der Waals surface area contributed by atoms with Gasteiger partial charge in [-0.2, -0.15) is 0 Å². The highest BCUT2D eigenvalue weighted by Gasteiger charge is 2.42. The lowest BCUT2D eigenvalue weighted by Crippen LogP contribution is -2.30. The molecule has 5 heteroatoms. The summed E-state index contributed by atoms with van der Waals surface area (Å²) >= 11 is 0. The average Bonchev–Trinajstić information content (AvgIpc) is 3.12. The van der Waals surface area contributed by atoms with Gasteiger partial charge in [0.25, 0.3) is 0 Å². The molecule has 2 aliphatic rings. The monoisotopic (exact) mass is 640 g/mol. The van der Waals surface area contributed by atoms with Crippen LogP contribution >= 0.6 is 0 Å². The Bertz CT molecular complexity index is 2460. The molecule has 48 heavy (non-hydrogen) atoms. The molecular formula is C43H32N2O2S. The van der Waals surface area contributed by atoms with Crippen LogP contribution in [-0.2, 0) is 15.3 Å². The maximum atomic E-state index is 14.4. The third kappa shape index (κ3) is 4.11. The zero-order valence-electron chi connectivity index (χ0n) is 26.6. The van der Waals surface area contributed by atoms with Crippen molar-refractivity contribution in [1.82, 2.24) is 0 Å². The van der Waals surface area contributed by atoms with E-state index >= 15 is 0 Å². The van der Waals surface area contributed by atoms with Crippen LogP contribution in [0.3, 0.4) is 0 Å². The quantitative estimate of drug-likeness (QED) is 0.192. The lowest BCUT2D eigenvalue weighted by molar-refractivity contribution is 0.556. The van der Waals surface area contributed by atoms with Gasteiger partial charge < -0.3 is 9.80 Å². The van der Waals surface area contributed by atoms with Crippen LogP contribution < -0.4 is 9.80 Å². The Hall–Kier alpha value is -5.65. The molecule has 0 N–H and O–H groups in total. The van der Waals surface area contributed by atoms with E-state index in [2.05, 4.69) is 121 Å². The molecule has 4 nitrogen and oxygen atoms in total. The maximum Gasteiger partial charge on any atom is 0.207 e.